The monoisotopic (exact) mass is 438 g/mol. The van der Waals surface area contributed by atoms with E-state index in [-0.39, 0.29) is 6.04 Å². The molecule has 0 spiro atoms. The van der Waals surface area contributed by atoms with Gasteiger partial charge >= 0.3 is 0 Å². The molecule has 3 aromatic heterocycles. The number of hydrogen-bond acceptors (Lipinski definition) is 7. The summed E-state index contributed by atoms with van der Waals surface area (Å²) in [6.07, 6.45) is 9.68. The lowest BCUT2D eigenvalue weighted by atomic mass is 9.83. The summed E-state index contributed by atoms with van der Waals surface area (Å²) in [6.45, 7) is 5.98. The van der Waals surface area contributed by atoms with E-state index in [0.717, 1.165) is 44.7 Å². The third kappa shape index (κ3) is 4.15. The van der Waals surface area contributed by atoms with Gasteiger partial charge in [0, 0.05) is 47.9 Å². The van der Waals surface area contributed by atoms with Gasteiger partial charge in [0.25, 0.3) is 0 Å². The van der Waals surface area contributed by atoms with Crippen molar-refractivity contribution in [1.29, 1.82) is 0 Å². The number of hydrogen-bond donors (Lipinski definition) is 2. The first-order chi connectivity index (χ1) is 15.9. The van der Waals surface area contributed by atoms with E-state index in [9.17, 15) is 0 Å². The maximum atomic E-state index is 6.81. The molecule has 5 rings (SSSR count). The second-order valence-electron chi connectivity index (χ2n) is 8.64. The highest BCUT2D eigenvalue weighted by Gasteiger charge is 2.34. The number of aliphatic imine (C=N–C) groups is 1. The molecule has 166 valence electrons. The summed E-state index contributed by atoms with van der Waals surface area (Å²) in [6, 6.07) is 11.9. The Labute approximate surface area is 192 Å². The molecule has 1 aromatic carbocycles. The van der Waals surface area contributed by atoms with E-state index in [0.29, 0.717) is 12.2 Å². The minimum Gasteiger partial charge on any atom is -0.464 e. The molecule has 0 radical (unpaired) electrons. The number of nitrogens with one attached hydrogen (secondary N) is 1. The van der Waals surface area contributed by atoms with E-state index in [4.69, 9.17) is 10.2 Å². The number of rotatable bonds is 5. The van der Waals surface area contributed by atoms with Crippen LogP contribution in [0.3, 0.4) is 0 Å². The Bertz CT molecular complexity index is 1370. The predicted molar refractivity (Wildman–Crippen MR) is 132 cm³/mol. The molecular formula is C26H26N6O. The Morgan fingerprint density at radius 1 is 1.12 bits per heavy atom. The molecule has 0 bridgehead atoms. The maximum absolute atomic E-state index is 6.81. The number of nitrogens with zero attached hydrogens (tertiary/aromatic N) is 4. The van der Waals surface area contributed by atoms with Crippen LogP contribution in [0.1, 0.15) is 30.3 Å². The van der Waals surface area contributed by atoms with Crippen molar-refractivity contribution in [3.05, 3.63) is 78.2 Å². The molecule has 7 nitrogen and oxygen atoms in total. The van der Waals surface area contributed by atoms with Gasteiger partial charge in [-0.3, -0.25) is 9.98 Å². The van der Waals surface area contributed by atoms with Crippen molar-refractivity contribution in [2.24, 2.45) is 10.7 Å². The van der Waals surface area contributed by atoms with Gasteiger partial charge in [0.2, 0.25) is 0 Å². The first kappa shape index (κ1) is 21.0. The average Bonchev–Trinajstić information content (AvgIpc) is 3.19. The molecule has 0 saturated heterocycles. The van der Waals surface area contributed by atoms with Gasteiger partial charge in [-0.05, 0) is 68.2 Å². The largest absolute Gasteiger partial charge is 0.464 e. The molecule has 1 aliphatic heterocycles. The highest BCUT2D eigenvalue weighted by atomic mass is 16.3. The Balaban J connectivity index is 1.40. The van der Waals surface area contributed by atoms with Gasteiger partial charge in [0.1, 0.15) is 17.2 Å². The number of furan rings is 1. The fourth-order valence-electron chi connectivity index (χ4n) is 4.14. The van der Waals surface area contributed by atoms with Gasteiger partial charge in [-0.1, -0.05) is 6.07 Å². The zero-order valence-corrected chi connectivity index (χ0v) is 18.9. The molecule has 2 atom stereocenters. The Morgan fingerprint density at radius 2 is 2.00 bits per heavy atom. The first-order valence-corrected chi connectivity index (χ1v) is 10.9. The van der Waals surface area contributed by atoms with Crippen LogP contribution in [0.4, 0.5) is 5.82 Å². The van der Waals surface area contributed by atoms with Crippen molar-refractivity contribution in [1.82, 2.24) is 15.0 Å². The van der Waals surface area contributed by atoms with E-state index < -0.39 is 5.54 Å². The summed E-state index contributed by atoms with van der Waals surface area (Å²) in [5, 5.41) is 4.57. The number of aromatic nitrogens is 3. The van der Waals surface area contributed by atoms with Crippen molar-refractivity contribution >= 4 is 28.6 Å². The predicted octanol–water partition coefficient (Wildman–Crippen LogP) is 4.92. The van der Waals surface area contributed by atoms with Crippen LogP contribution in [0.15, 0.2) is 70.7 Å². The second kappa shape index (κ2) is 8.26. The molecular weight excluding hydrogens is 412 g/mol. The van der Waals surface area contributed by atoms with E-state index >= 15 is 0 Å². The zero-order valence-electron chi connectivity index (χ0n) is 18.9. The van der Waals surface area contributed by atoms with E-state index in [1.165, 1.54) is 0 Å². The van der Waals surface area contributed by atoms with Crippen LogP contribution in [0, 0.1) is 13.8 Å². The average molecular weight is 439 g/mol. The Kier molecular flexibility index (Phi) is 5.26. The van der Waals surface area contributed by atoms with Gasteiger partial charge in [-0.15, -0.1) is 0 Å². The molecule has 0 saturated carbocycles. The molecule has 4 aromatic rings. The van der Waals surface area contributed by atoms with Crippen molar-refractivity contribution in [3.63, 3.8) is 0 Å². The standard InChI is InChI=1S/C26H26N6O/c1-16-14-33-24-7-6-19(9-22(16)24)23-10-25(32-18(3)31-23)30-17(2)26(27)11-21(13-29-15-26)20-5-4-8-28-12-20/h4-10,12-15,17H,11,27H2,1-3H3,(H,30,31,32). The van der Waals surface area contributed by atoms with Gasteiger partial charge in [-0.2, -0.15) is 0 Å². The topological polar surface area (TPSA) is 102 Å². The number of pyridine rings is 1. The molecule has 0 aliphatic carbocycles. The van der Waals surface area contributed by atoms with Gasteiger partial charge < -0.3 is 15.5 Å². The lowest BCUT2D eigenvalue weighted by Crippen LogP contribution is -2.55. The summed E-state index contributed by atoms with van der Waals surface area (Å²) in [5.74, 6) is 1.41. The van der Waals surface area contributed by atoms with Crippen LogP contribution in [0.25, 0.3) is 27.8 Å². The number of nitrogens with two attached hydrogens (primary N) is 1. The van der Waals surface area contributed by atoms with Crippen LogP contribution < -0.4 is 11.1 Å². The van der Waals surface area contributed by atoms with Gasteiger partial charge in [0.15, 0.2) is 0 Å². The molecule has 33 heavy (non-hydrogen) atoms. The highest BCUT2D eigenvalue weighted by molar-refractivity contribution is 5.86. The van der Waals surface area contributed by atoms with Crippen molar-refractivity contribution in [3.8, 4) is 11.3 Å². The number of benzene rings is 1. The van der Waals surface area contributed by atoms with Gasteiger partial charge in [0.05, 0.1) is 17.5 Å². The SMILES string of the molecule is Cc1nc(NC(C)C2(N)C=NC=C(c3cccnc3)C2)cc(-c2ccc3occ(C)c3c2)n1. The fourth-order valence-corrected chi connectivity index (χ4v) is 4.14. The summed E-state index contributed by atoms with van der Waals surface area (Å²) in [4.78, 5) is 17.9. The Hall–Kier alpha value is -3.84. The minimum atomic E-state index is -0.675. The van der Waals surface area contributed by atoms with Crippen LogP contribution in [0.5, 0.6) is 0 Å². The molecule has 4 heterocycles. The molecule has 7 heteroatoms. The zero-order chi connectivity index (χ0) is 23.0. The smallest absolute Gasteiger partial charge is 0.134 e. The highest BCUT2D eigenvalue weighted by Crippen LogP contribution is 2.31. The molecule has 2 unspecified atom stereocenters. The summed E-state index contributed by atoms with van der Waals surface area (Å²) >= 11 is 0. The minimum absolute atomic E-state index is 0.123. The summed E-state index contributed by atoms with van der Waals surface area (Å²) in [5.41, 5.74) is 12.0. The molecule has 1 aliphatic rings. The van der Waals surface area contributed by atoms with Crippen LogP contribution in [0.2, 0.25) is 0 Å². The summed E-state index contributed by atoms with van der Waals surface area (Å²) < 4.78 is 5.58. The number of fused-ring (bicyclic) bond motifs is 1. The molecule has 0 fully saturated rings. The van der Waals surface area contributed by atoms with E-state index in [2.05, 4.69) is 38.3 Å². The van der Waals surface area contributed by atoms with Gasteiger partial charge in [-0.25, -0.2) is 9.97 Å². The lowest BCUT2D eigenvalue weighted by molar-refractivity contribution is 0.513. The van der Waals surface area contributed by atoms with Crippen molar-refractivity contribution < 1.29 is 4.42 Å². The number of aryl methyl sites for hydroxylation is 2. The maximum Gasteiger partial charge on any atom is 0.134 e. The van der Waals surface area contributed by atoms with Crippen molar-refractivity contribution in [2.75, 3.05) is 5.32 Å². The second-order valence-corrected chi connectivity index (χ2v) is 8.64. The third-order valence-electron chi connectivity index (χ3n) is 6.15. The van der Waals surface area contributed by atoms with Crippen LogP contribution in [-0.2, 0) is 0 Å². The van der Waals surface area contributed by atoms with Crippen LogP contribution >= 0.6 is 0 Å². The normalized spacial score (nSPS) is 18.8. The first-order valence-electron chi connectivity index (χ1n) is 10.9. The molecule has 0 amide bonds. The van der Waals surface area contributed by atoms with E-state index in [1.54, 1.807) is 12.5 Å². The van der Waals surface area contributed by atoms with Crippen LogP contribution in [-0.4, -0.2) is 32.7 Å². The number of anilines is 1. The lowest BCUT2D eigenvalue weighted by Gasteiger charge is -2.35. The van der Waals surface area contributed by atoms with Crippen molar-refractivity contribution in [2.45, 2.75) is 38.8 Å². The quantitative estimate of drug-likeness (QED) is 0.459. The third-order valence-corrected chi connectivity index (χ3v) is 6.15. The fraction of sp³-hybridized carbons (Fsp3) is 0.231. The summed E-state index contributed by atoms with van der Waals surface area (Å²) in [7, 11) is 0. The Morgan fingerprint density at radius 3 is 2.82 bits per heavy atom. The van der Waals surface area contributed by atoms with E-state index in [1.807, 2.05) is 62.8 Å². The molecule has 3 N–H and O–H groups in total.